The highest BCUT2D eigenvalue weighted by atomic mass is 16.1. The summed E-state index contributed by atoms with van der Waals surface area (Å²) in [5.41, 5.74) is 4.00. The molecule has 3 rings (SSSR count). The Morgan fingerprint density at radius 3 is 2.40 bits per heavy atom. The summed E-state index contributed by atoms with van der Waals surface area (Å²) in [6.07, 6.45) is 0.744. The molecule has 4 heteroatoms. The maximum Gasteiger partial charge on any atom is 0.172 e. The van der Waals surface area contributed by atoms with E-state index in [1.54, 1.807) is 4.68 Å². The first kappa shape index (κ1) is 12.3. The number of rotatable bonds is 3. The van der Waals surface area contributed by atoms with Gasteiger partial charge in [-0.15, -0.1) is 5.10 Å². The normalized spacial score (nSPS) is 10.4. The summed E-state index contributed by atoms with van der Waals surface area (Å²) < 4.78 is 1.70. The minimum Gasteiger partial charge on any atom is -0.296 e. The molecule has 4 nitrogen and oxygen atoms in total. The van der Waals surface area contributed by atoms with Gasteiger partial charge in [-0.2, -0.15) is 0 Å². The molecule has 1 heterocycles. The molecule has 2 aromatic carbocycles. The quantitative estimate of drug-likeness (QED) is 0.682. The van der Waals surface area contributed by atoms with E-state index in [1.165, 1.54) is 0 Å². The number of carbonyl (C=O) groups excluding carboxylic acids is 1. The molecule has 0 saturated heterocycles. The van der Waals surface area contributed by atoms with Crippen LogP contribution in [0.4, 0.5) is 0 Å². The molecule has 0 bridgehead atoms. The topological polar surface area (TPSA) is 47.8 Å². The molecule has 0 spiro atoms. The van der Waals surface area contributed by atoms with Crippen LogP contribution >= 0.6 is 0 Å². The smallest absolute Gasteiger partial charge is 0.172 e. The predicted molar refractivity (Wildman–Crippen MR) is 76.9 cm³/mol. The van der Waals surface area contributed by atoms with Crippen LogP contribution in [0.2, 0.25) is 0 Å². The predicted octanol–water partition coefficient (Wildman–Crippen LogP) is 3.06. The minimum absolute atomic E-state index is 0.350. The summed E-state index contributed by atoms with van der Waals surface area (Å²) in [5, 5.41) is 8.08. The summed E-state index contributed by atoms with van der Waals surface area (Å²) in [5.74, 6) is 0. The number of aldehydes is 1. The van der Waals surface area contributed by atoms with Gasteiger partial charge in [0.1, 0.15) is 5.69 Å². The van der Waals surface area contributed by atoms with Crippen LogP contribution in [0.15, 0.2) is 54.6 Å². The van der Waals surface area contributed by atoms with Gasteiger partial charge >= 0.3 is 0 Å². The number of carbonyl (C=O) groups is 1. The number of para-hydroxylation sites is 1. The van der Waals surface area contributed by atoms with Gasteiger partial charge in [0, 0.05) is 5.56 Å². The lowest BCUT2D eigenvalue weighted by molar-refractivity contribution is 0.111. The fourth-order valence-corrected chi connectivity index (χ4v) is 2.21. The molecule has 20 heavy (non-hydrogen) atoms. The maximum atomic E-state index is 11.2. The Balaban J connectivity index is 2.27. The van der Waals surface area contributed by atoms with Gasteiger partial charge < -0.3 is 0 Å². The van der Waals surface area contributed by atoms with E-state index >= 15 is 0 Å². The Morgan fingerprint density at radius 1 is 1.00 bits per heavy atom. The summed E-state index contributed by atoms with van der Waals surface area (Å²) >= 11 is 0. The van der Waals surface area contributed by atoms with Gasteiger partial charge in [-0.1, -0.05) is 47.7 Å². The maximum absolute atomic E-state index is 11.2. The van der Waals surface area contributed by atoms with Crippen LogP contribution in [0.25, 0.3) is 16.9 Å². The van der Waals surface area contributed by atoms with E-state index in [-0.39, 0.29) is 0 Å². The van der Waals surface area contributed by atoms with Crippen molar-refractivity contribution in [2.45, 2.75) is 6.92 Å². The molecular weight excluding hydrogens is 250 g/mol. The Hall–Kier alpha value is -2.75. The molecule has 0 amide bonds. The first-order valence-electron chi connectivity index (χ1n) is 6.33. The Bertz CT molecular complexity index is 747. The van der Waals surface area contributed by atoms with Crippen LogP contribution in [0.1, 0.15) is 16.1 Å². The largest absolute Gasteiger partial charge is 0.296 e. The van der Waals surface area contributed by atoms with Gasteiger partial charge in [-0.3, -0.25) is 4.79 Å². The average molecular weight is 263 g/mol. The lowest BCUT2D eigenvalue weighted by atomic mass is 10.0. The highest BCUT2D eigenvalue weighted by Crippen LogP contribution is 2.27. The van der Waals surface area contributed by atoms with Gasteiger partial charge in [-0.05, 0) is 24.6 Å². The number of benzene rings is 2. The van der Waals surface area contributed by atoms with Crippen LogP contribution in [-0.2, 0) is 0 Å². The standard InChI is InChI=1S/C16H13N3O/c1-12-7-5-6-10-14(12)16-15(11-20)17-18-19(16)13-8-3-2-4-9-13/h2-11H,1H3. The monoisotopic (exact) mass is 263 g/mol. The highest BCUT2D eigenvalue weighted by Gasteiger charge is 2.16. The Kier molecular flexibility index (Phi) is 3.13. The first-order chi connectivity index (χ1) is 9.81. The summed E-state index contributed by atoms with van der Waals surface area (Å²) in [4.78, 5) is 11.2. The van der Waals surface area contributed by atoms with Crippen molar-refractivity contribution in [3.8, 4) is 16.9 Å². The van der Waals surface area contributed by atoms with E-state index < -0.39 is 0 Å². The lowest BCUT2D eigenvalue weighted by Crippen LogP contribution is -2.00. The molecule has 0 aliphatic carbocycles. The second kappa shape index (κ2) is 5.09. The van der Waals surface area contributed by atoms with Crippen molar-refractivity contribution in [1.29, 1.82) is 0 Å². The van der Waals surface area contributed by atoms with E-state index in [1.807, 2.05) is 61.5 Å². The van der Waals surface area contributed by atoms with Crippen LogP contribution < -0.4 is 0 Å². The second-order valence-corrected chi connectivity index (χ2v) is 4.50. The number of hydrogen-bond acceptors (Lipinski definition) is 3. The SMILES string of the molecule is Cc1ccccc1-c1c(C=O)nnn1-c1ccccc1. The fourth-order valence-electron chi connectivity index (χ4n) is 2.21. The third kappa shape index (κ3) is 2.01. The van der Waals surface area contributed by atoms with Crippen LogP contribution in [0, 0.1) is 6.92 Å². The third-order valence-electron chi connectivity index (χ3n) is 3.21. The molecule has 0 aliphatic heterocycles. The molecule has 1 aromatic heterocycles. The molecule has 0 unspecified atom stereocenters. The molecule has 98 valence electrons. The van der Waals surface area contributed by atoms with Crippen LogP contribution in [0.3, 0.4) is 0 Å². The van der Waals surface area contributed by atoms with Crippen molar-refractivity contribution < 1.29 is 4.79 Å². The van der Waals surface area contributed by atoms with Gasteiger partial charge in [0.2, 0.25) is 0 Å². The molecule has 0 radical (unpaired) electrons. The van der Waals surface area contributed by atoms with E-state index in [9.17, 15) is 4.79 Å². The number of aromatic nitrogens is 3. The summed E-state index contributed by atoms with van der Waals surface area (Å²) in [7, 11) is 0. The van der Waals surface area contributed by atoms with Gasteiger partial charge in [-0.25, -0.2) is 4.68 Å². The molecular formula is C16H13N3O. The molecule has 3 aromatic rings. The third-order valence-corrected chi connectivity index (χ3v) is 3.21. The molecule has 0 fully saturated rings. The van der Waals surface area contributed by atoms with Crippen LogP contribution in [0.5, 0.6) is 0 Å². The summed E-state index contributed by atoms with van der Waals surface area (Å²) in [6.45, 7) is 2.01. The van der Waals surface area contributed by atoms with Crippen LogP contribution in [-0.4, -0.2) is 21.3 Å². The molecule has 0 aliphatic rings. The van der Waals surface area contributed by atoms with Gasteiger partial charge in [0.25, 0.3) is 0 Å². The minimum atomic E-state index is 0.350. The van der Waals surface area contributed by atoms with Crippen molar-refractivity contribution in [1.82, 2.24) is 15.0 Å². The van der Waals surface area contributed by atoms with E-state index in [2.05, 4.69) is 10.3 Å². The molecule has 0 N–H and O–H groups in total. The van der Waals surface area contributed by atoms with Crippen molar-refractivity contribution in [3.63, 3.8) is 0 Å². The Morgan fingerprint density at radius 2 is 1.70 bits per heavy atom. The fraction of sp³-hybridized carbons (Fsp3) is 0.0625. The molecule has 0 atom stereocenters. The number of aryl methyl sites for hydroxylation is 1. The van der Waals surface area contributed by atoms with Crippen molar-refractivity contribution >= 4 is 6.29 Å². The highest BCUT2D eigenvalue weighted by molar-refractivity contribution is 5.84. The lowest BCUT2D eigenvalue weighted by Gasteiger charge is -2.09. The first-order valence-corrected chi connectivity index (χ1v) is 6.33. The zero-order chi connectivity index (χ0) is 13.9. The van der Waals surface area contributed by atoms with Crippen molar-refractivity contribution in [2.75, 3.05) is 0 Å². The zero-order valence-electron chi connectivity index (χ0n) is 11.0. The summed E-state index contributed by atoms with van der Waals surface area (Å²) in [6, 6.07) is 17.6. The van der Waals surface area contributed by atoms with Gasteiger partial charge in [0.05, 0.1) is 5.69 Å². The average Bonchev–Trinajstić information content (AvgIpc) is 2.92. The van der Waals surface area contributed by atoms with Crippen molar-refractivity contribution in [2.24, 2.45) is 0 Å². The zero-order valence-corrected chi connectivity index (χ0v) is 11.0. The van der Waals surface area contributed by atoms with Gasteiger partial charge in [0.15, 0.2) is 12.0 Å². The second-order valence-electron chi connectivity index (χ2n) is 4.50. The Labute approximate surface area is 116 Å². The number of nitrogens with zero attached hydrogens (tertiary/aromatic N) is 3. The van der Waals surface area contributed by atoms with E-state index in [0.29, 0.717) is 5.69 Å². The number of hydrogen-bond donors (Lipinski definition) is 0. The van der Waals surface area contributed by atoms with E-state index in [4.69, 9.17) is 0 Å². The molecule has 0 saturated carbocycles. The van der Waals surface area contributed by atoms with E-state index in [0.717, 1.165) is 28.8 Å². The van der Waals surface area contributed by atoms with Crippen molar-refractivity contribution in [3.05, 3.63) is 65.9 Å².